The molecule has 0 fully saturated rings. The van der Waals surface area contributed by atoms with Gasteiger partial charge in [0.2, 0.25) is 0 Å². The summed E-state index contributed by atoms with van der Waals surface area (Å²) in [6.07, 6.45) is 2.96. The van der Waals surface area contributed by atoms with Crippen molar-refractivity contribution in [3.8, 4) is 22.5 Å². The predicted molar refractivity (Wildman–Crippen MR) is 135 cm³/mol. The Hall–Kier alpha value is -3.17. The van der Waals surface area contributed by atoms with E-state index in [-0.39, 0.29) is 43.4 Å². The molecule has 0 saturated carbocycles. The maximum absolute atomic E-state index is 8.15. The molecule has 6 rings (SSSR count). The van der Waals surface area contributed by atoms with Crippen LogP contribution in [0.25, 0.3) is 42.7 Å². The van der Waals surface area contributed by atoms with Crippen LogP contribution in [0.3, 0.4) is 0 Å². The number of aryl methyl sites for hydroxylation is 1. The van der Waals surface area contributed by atoms with Crippen LogP contribution >= 0.6 is 11.3 Å². The molecular formula is C29H20IrN2S-2. The Bertz CT molecular complexity index is 1650. The van der Waals surface area contributed by atoms with Gasteiger partial charge in [-0.2, -0.15) is 11.3 Å². The average molecular weight is 626 g/mol. The fourth-order valence-corrected chi connectivity index (χ4v) is 4.46. The second kappa shape index (κ2) is 10.6. The topological polar surface area (TPSA) is 25.8 Å². The Labute approximate surface area is 218 Å². The second-order valence-electron chi connectivity index (χ2n) is 6.98. The molecule has 3 heterocycles. The Kier molecular flexibility index (Phi) is 5.58. The van der Waals surface area contributed by atoms with Gasteiger partial charge in [0.05, 0.1) is 2.74 Å². The van der Waals surface area contributed by atoms with Gasteiger partial charge in [-0.05, 0) is 46.0 Å². The monoisotopic (exact) mass is 626 g/mol. The molecule has 1 radical (unpaired) electrons. The van der Waals surface area contributed by atoms with Crippen molar-refractivity contribution in [3.05, 3.63) is 121 Å². The fraction of sp³-hybridized carbons (Fsp3) is 0.0345. The summed E-state index contributed by atoms with van der Waals surface area (Å²) in [5, 5.41) is 2.24. The van der Waals surface area contributed by atoms with E-state index in [2.05, 4.69) is 34.2 Å². The molecule has 0 spiro atoms. The van der Waals surface area contributed by atoms with Gasteiger partial charge < -0.3 is 9.97 Å². The van der Waals surface area contributed by atoms with E-state index in [1.807, 2.05) is 66.7 Å². The minimum atomic E-state index is -2.45. The van der Waals surface area contributed by atoms with Gasteiger partial charge in [-0.1, -0.05) is 47.8 Å². The molecule has 0 aliphatic carbocycles. The van der Waals surface area contributed by atoms with E-state index in [1.165, 1.54) is 10.9 Å². The van der Waals surface area contributed by atoms with Crippen molar-refractivity contribution in [1.82, 2.24) is 9.97 Å². The minimum Gasteiger partial charge on any atom is -0.305 e. The zero-order chi connectivity index (χ0) is 26.0. The third kappa shape index (κ3) is 5.26. The summed E-state index contributed by atoms with van der Waals surface area (Å²) in [6.45, 7) is -2.45. The smallest absolute Gasteiger partial charge is 0.0618 e. The standard InChI is InChI=1S/C18H12NS.C11H8N.Ir/c1-12-6-9-16(19-11-12)13-7-8-15-14-4-2-3-5-17(14)20-18(15)10-13;1-2-6-10(7-3-1)11-8-4-5-9-12-11;/h2-6,8-11H,1H3;1-6,8-9H;/q2*-1;/i1D3,6D,9D;;. The molecule has 163 valence electrons. The van der Waals surface area contributed by atoms with Gasteiger partial charge >= 0.3 is 0 Å². The first-order valence-corrected chi connectivity index (χ1v) is 10.8. The van der Waals surface area contributed by atoms with Crippen molar-refractivity contribution in [2.24, 2.45) is 0 Å². The van der Waals surface area contributed by atoms with E-state index < -0.39 is 6.85 Å². The normalized spacial score (nSPS) is 12.9. The summed E-state index contributed by atoms with van der Waals surface area (Å²) in [5.74, 6) is 0. The summed E-state index contributed by atoms with van der Waals surface area (Å²) in [5.41, 5.74) is 2.67. The molecule has 0 N–H and O–H groups in total. The number of rotatable bonds is 2. The molecule has 3 aromatic carbocycles. The molecule has 0 bridgehead atoms. The summed E-state index contributed by atoms with van der Waals surface area (Å²) in [6, 6.07) is 31.3. The molecule has 0 atom stereocenters. The number of thiophene rings is 1. The van der Waals surface area contributed by atoms with E-state index in [4.69, 9.17) is 6.85 Å². The maximum atomic E-state index is 8.15. The van der Waals surface area contributed by atoms with Crippen LogP contribution in [-0.2, 0) is 20.1 Å². The zero-order valence-corrected chi connectivity index (χ0v) is 20.5. The summed E-state index contributed by atoms with van der Waals surface area (Å²) in [7, 11) is 0. The summed E-state index contributed by atoms with van der Waals surface area (Å²) in [4.78, 5) is 8.36. The van der Waals surface area contributed by atoms with Crippen LogP contribution in [0.1, 0.15) is 12.4 Å². The van der Waals surface area contributed by atoms with Crippen LogP contribution in [0.5, 0.6) is 0 Å². The number of nitrogens with zero attached hydrogens (tertiary/aromatic N) is 2. The summed E-state index contributed by atoms with van der Waals surface area (Å²) >= 11 is 1.64. The van der Waals surface area contributed by atoms with Crippen molar-refractivity contribution < 1.29 is 27.0 Å². The van der Waals surface area contributed by atoms with Crippen LogP contribution in [0.4, 0.5) is 0 Å². The van der Waals surface area contributed by atoms with Crippen LogP contribution in [0.15, 0.2) is 103 Å². The number of benzene rings is 3. The van der Waals surface area contributed by atoms with Crippen LogP contribution in [0, 0.1) is 19.0 Å². The number of hydrogen-bond acceptors (Lipinski definition) is 3. The van der Waals surface area contributed by atoms with Gasteiger partial charge in [0.15, 0.2) is 0 Å². The molecule has 0 saturated heterocycles. The fourth-order valence-electron chi connectivity index (χ4n) is 3.33. The first kappa shape index (κ1) is 17.3. The number of pyridine rings is 2. The maximum Gasteiger partial charge on any atom is 0.0618 e. The van der Waals surface area contributed by atoms with Gasteiger partial charge in [0.1, 0.15) is 0 Å². The molecular weight excluding hydrogens is 601 g/mol. The van der Waals surface area contributed by atoms with Gasteiger partial charge in [0.25, 0.3) is 0 Å². The molecule has 33 heavy (non-hydrogen) atoms. The van der Waals surface area contributed by atoms with Crippen molar-refractivity contribution in [2.45, 2.75) is 6.85 Å². The van der Waals surface area contributed by atoms with Crippen LogP contribution in [-0.4, -0.2) is 9.97 Å². The van der Waals surface area contributed by atoms with E-state index in [0.29, 0.717) is 5.56 Å². The Morgan fingerprint density at radius 1 is 0.818 bits per heavy atom. The third-order valence-corrected chi connectivity index (χ3v) is 5.99. The number of fused-ring (bicyclic) bond motifs is 3. The second-order valence-corrected chi connectivity index (χ2v) is 8.07. The SMILES string of the molecule is [2H]c1c(C([2H])([2H])[2H])cnc(-c2[c-]cc3c(c2)sc2ccccc23)c1[2H].[Ir].[c-]1ccccc1-c1ccccn1. The molecule has 3 aromatic heterocycles. The molecule has 6 aromatic rings. The van der Waals surface area contributed by atoms with E-state index in [0.717, 1.165) is 26.7 Å². The molecule has 2 nitrogen and oxygen atoms in total. The van der Waals surface area contributed by atoms with Crippen LogP contribution < -0.4 is 0 Å². The van der Waals surface area contributed by atoms with Gasteiger partial charge in [-0.25, -0.2) is 0 Å². The van der Waals surface area contributed by atoms with Crippen LogP contribution in [0.2, 0.25) is 0 Å². The Morgan fingerprint density at radius 3 is 2.52 bits per heavy atom. The van der Waals surface area contributed by atoms with Crippen molar-refractivity contribution in [2.75, 3.05) is 0 Å². The quantitative estimate of drug-likeness (QED) is 0.184. The first-order chi connectivity index (χ1) is 17.8. The summed E-state index contributed by atoms with van der Waals surface area (Å²) < 4.78 is 40.7. The van der Waals surface area contributed by atoms with E-state index >= 15 is 0 Å². The Balaban J connectivity index is 0.000000218. The number of aromatic nitrogens is 2. The third-order valence-electron chi connectivity index (χ3n) is 4.85. The average Bonchev–Trinajstić information content (AvgIpc) is 3.29. The predicted octanol–water partition coefficient (Wildman–Crippen LogP) is 7.77. The van der Waals surface area contributed by atoms with Gasteiger partial charge in [-0.3, -0.25) is 0 Å². The first-order valence-electron chi connectivity index (χ1n) is 12.5. The van der Waals surface area contributed by atoms with E-state index in [1.54, 1.807) is 17.5 Å². The zero-order valence-electron chi connectivity index (χ0n) is 22.3. The van der Waals surface area contributed by atoms with Crippen molar-refractivity contribution >= 4 is 31.5 Å². The Morgan fingerprint density at radius 2 is 1.70 bits per heavy atom. The van der Waals surface area contributed by atoms with Gasteiger partial charge in [0, 0.05) is 41.3 Å². The van der Waals surface area contributed by atoms with Gasteiger partial charge in [-0.15, -0.1) is 59.7 Å². The minimum absolute atomic E-state index is 0. The molecule has 0 aliphatic rings. The molecule has 0 aliphatic heterocycles. The largest absolute Gasteiger partial charge is 0.305 e. The van der Waals surface area contributed by atoms with Crippen molar-refractivity contribution in [1.29, 1.82) is 0 Å². The molecule has 0 unspecified atom stereocenters. The molecule has 4 heteroatoms. The molecule has 0 amide bonds. The van der Waals surface area contributed by atoms with E-state index in [9.17, 15) is 0 Å². The van der Waals surface area contributed by atoms with Crippen molar-refractivity contribution in [3.63, 3.8) is 0 Å². The number of hydrogen-bond donors (Lipinski definition) is 0.